The standard InChI is InChI=1S/C15H19N3O2S/c1-10-3-2-4-15(14(10)9-16)21(19,20)18-13-7-11-5-6-12(8-13)17-11/h2-4,11-13,17-18H,5-8H2,1H3/t11-,12+,13?. The lowest BCUT2D eigenvalue weighted by Crippen LogP contribution is -2.48. The van der Waals surface area contributed by atoms with Crippen LogP contribution in [0.25, 0.3) is 0 Å². The van der Waals surface area contributed by atoms with Gasteiger partial charge in [-0.2, -0.15) is 5.26 Å². The summed E-state index contributed by atoms with van der Waals surface area (Å²) in [6, 6.07) is 7.74. The summed E-state index contributed by atoms with van der Waals surface area (Å²) in [6.45, 7) is 1.75. The minimum absolute atomic E-state index is 0.0409. The highest BCUT2D eigenvalue weighted by atomic mass is 32.2. The average molecular weight is 305 g/mol. The van der Waals surface area contributed by atoms with Crippen LogP contribution in [-0.2, 0) is 10.0 Å². The highest BCUT2D eigenvalue weighted by Gasteiger charge is 2.35. The first-order valence-corrected chi connectivity index (χ1v) is 8.76. The number of benzene rings is 1. The Morgan fingerprint density at radius 1 is 1.29 bits per heavy atom. The van der Waals surface area contributed by atoms with Crippen LogP contribution in [0.4, 0.5) is 0 Å². The van der Waals surface area contributed by atoms with Crippen molar-refractivity contribution in [3.05, 3.63) is 29.3 Å². The van der Waals surface area contributed by atoms with E-state index in [1.54, 1.807) is 19.1 Å². The number of hydrogen-bond acceptors (Lipinski definition) is 4. The molecule has 0 aromatic heterocycles. The zero-order valence-corrected chi connectivity index (χ0v) is 12.8. The van der Waals surface area contributed by atoms with E-state index in [-0.39, 0.29) is 16.5 Å². The quantitative estimate of drug-likeness (QED) is 0.885. The van der Waals surface area contributed by atoms with Gasteiger partial charge >= 0.3 is 0 Å². The minimum atomic E-state index is -3.64. The summed E-state index contributed by atoms with van der Waals surface area (Å²) in [6.07, 6.45) is 3.89. The molecule has 1 aromatic rings. The molecule has 1 aromatic carbocycles. The third-order valence-electron chi connectivity index (χ3n) is 4.43. The van der Waals surface area contributed by atoms with E-state index < -0.39 is 10.0 Å². The Morgan fingerprint density at radius 3 is 2.57 bits per heavy atom. The fourth-order valence-electron chi connectivity index (χ4n) is 3.44. The molecule has 1 unspecified atom stereocenters. The Labute approximate surface area is 125 Å². The predicted molar refractivity (Wildman–Crippen MR) is 79.2 cm³/mol. The molecule has 2 bridgehead atoms. The van der Waals surface area contributed by atoms with Crippen molar-refractivity contribution < 1.29 is 8.42 Å². The molecule has 2 saturated heterocycles. The molecule has 112 valence electrons. The second-order valence-electron chi connectivity index (χ2n) is 5.99. The van der Waals surface area contributed by atoms with E-state index in [1.165, 1.54) is 6.07 Å². The highest BCUT2D eigenvalue weighted by Crippen LogP contribution is 2.28. The summed E-state index contributed by atoms with van der Waals surface area (Å²) in [7, 11) is -3.64. The Balaban J connectivity index is 1.85. The third-order valence-corrected chi connectivity index (χ3v) is 5.99. The maximum absolute atomic E-state index is 12.6. The molecule has 3 rings (SSSR count). The normalized spacial score (nSPS) is 28.3. The number of nitrogens with zero attached hydrogens (tertiary/aromatic N) is 1. The first-order chi connectivity index (χ1) is 9.99. The van der Waals surface area contributed by atoms with Crippen molar-refractivity contribution >= 4 is 10.0 Å². The molecule has 2 N–H and O–H groups in total. The van der Waals surface area contributed by atoms with Crippen molar-refractivity contribution in [2.24, 2.45) is 0 Å². The second kappa shape index (κ2) is 5.41. The average Bonchev–Trinajstić information content (AvgIpc) is 2.77. The maximum Gasteiger partial charge on any atom is 0.242 e. The van der Waals surface area contributed by atoms with Gasteiger partial charge in [0.05, 0.1) is 5.56 Å². The SMILES string of the molecule is Cc1cccc(S(=O)(=O)NC2C[C@H]3CC[C@@H](C2)N3)c1C#N. The molecule has 6 heteroatoms. The largest absolute Gasteiger partial charge is 0.311 e. The molecule has 5 nitrogen and oxygen atoms in total. The van der Waals surface area contributed by atoms with E-state index in [1.807, 2.05) is 6.07 Å². The lowest BCUT2D eigenvalue weighted by atomic mass is 10.0. The van der Waals surface area contributed by atoms with E-state index in [0.717, 1.165) is 25.7 Å². The monoisotopic (exact) mass is 305 g/mol. The van der Waals surface area contributed by atoms with Crippen LogP contribution in [0, 0.1) is 18.3 Å². The molecule has 3 atom stereocenters. The first-order valence-electron chi connectivity index (χ1n) is 7.27. The minimum Gasteiger partial charge on any atom is -0.311 e. The van der Waals surface area contributed by atoms with Gasteiger partial charge in [0.15, 0.2) is 0 Å². The molecule has 2 heterocycles. The number of rotatable bonds is 3. The zero-order chi connectivity index (χ0) is 15.0. The van der Waals surface area contributed by atoms with Crippen LogP contribution >= 0.6 is 0 Å². The van der Waals surface area contributed by atoms with Gasteiger partial charge < -0.3 is 5.32 Å². The topological polar surface area (TPSA) is 82.0 Å². The Bertz CT molecular complexity index is 681. The zero-order valence-electron chi connectivity index (χ0n) is 12.0. The Hall–Kier alpha value is -1.42. The van der Waals surface area contributed by atoms with E-state index in [0.29, 0.717) is 17.6 Å². The third kappa shape index (κ3) is 2.82. The second-order valence-corrected chi connectivity index (χ2v) is 7.67. The van der Waals surface area contributed by atoms with Crippen LogP contribution in [0.15, 0.2) is 23.1 Å². The summed E-state index contributed by atoms with van der Waals surface area (Å²) < 4.78 is 28.0. The summed E-state index contributed by atoms with van der Waals surface area (Å²) in [5.74, 6) is 0. The smallest absolute Gasteiger partial charge is 0.242 e. The number of aryl methyl sites for hydroxylation is 1. The fourth-order valence-corrected chi connectivity index (χ4v) is 4.94. The van der Waals surface area contributed by atoms with E-state index in [9.17, 15) is 13.7 Å². The van der Waals surface area contributed by atoms with Gasteiger partial charge in [0.1, 0.15) is 11.0 Å². The van der Waals surface area contributed by atoms with Gasteiger partial charge in [-0.3, -0.25) is 0 Å². The van der Waals surface area contributed by atoms with E-state index >= 15 is 0 Å². The molecule has 0 aliphatic carbocycles. The number of nitriles is 1. The van der Waals surface area contributed by atoms with E-state index in [2.05, 4.69) is 10.0 Å². The molecule has 0 radical (unpaired) electrons. The number of hydrogen-bond donors (Lipinski definition) is 2. The number of piperidine rings is 1. The van der Waals surface area contributed by atoms with Gasteiger partial charge in [-0.05, 0) is 44.2 Å². The van der Waals surface area contributed by atoms with Gasteiger partial charge in [-0.25, -0.2) is 13.1 Å². The van der Waals surface area contributed by atoms with Gasteiger partial charge in [0.25, 0.3) is 0 Å². The van der Waals surface area contributed by atoms with Crippen molar-refractivity contribution in [1.29, 1.82) is 5.26 Å². The van der Waals surface area contributed by atoms with Crippen molar-refractivity contribution in [2.75, 3.05) is 0 Å². The fraction of sp³-hybridized carbons (Fsp3) is 0.533. The van der Waals surface area contributed by atoms with Gasteiger partial charge in [-0.1, -0.05) is 12.1 Å². The molecule has 0 saturated carbocycles. The Kier molecular flexibility index (Phi) is 3.74. The lowest BCUT2D eigenvalue weighted by Gasteiger charge is -2.29. The van der Waals surface area contributed by atoms with Crippen LogP contribution in [-0.4, -0.2) is 26.5 Å². The predicted octanol–water partition coefficient (Wildman–Crippen LogP) is 1.43. The van der Waals surface area contributed by atoms with Crippen molar-refractivity contribution in [2.45, 2.75) is 55.6 Å². The van der Waals surface area contributed by atoms with Crippen molar-refractivity contribution in [3.63, 3.8) is 0 Å². The van der Waals surface area contributed by atoms with Gasteiger partial charge in [-0.15, -0.1) is 0 Å². The summed E-state index contributed by atoms with van der Waals surface area (Å²) in [4.78, 5) is 0.0934. The van der Waals surface area contributed by atoms with Gasteiger partial charge in [0, 0.05) is 18.1 Å². The molecule has 0 spiro atoms. The number of sulfonamides is 1. The number of fused-ring (bicyclic) bond motifs is 2. The van der Waals surface area contributed by atoms with Crippen LogP contribution in [0.5, 0.6) is 0 Å². The molecule has 2 fully saturated rings. The first kappa shape index (κ1) is 14.5. The lowest BCUT2D eigenvalue weighted by molar-refractivity contribution is 0.345. The van der Waals surface area contributed by atoms with Crippen molar-refractivity contribution in [3.8, 4) is 6.07 Å². The Morgan fingerprint density at radius 2 is 1.95 bits per heavy atom. The van der Waals surface area contributed by atoms with Crippen LogP contribution < -0.4 is 10.0 Å². The maximum atomic E-state index is 12.6. The van der Waals surface area contributed by atoms with Crippen LogP contribution in [0.1, 0.15) is 36.8 Å². The molecule has 21 heavy (non-hydrogen) atoms. The highest BCUT2D eigenvalue weighted by molar-refractivity contribution is 7.89. The molecule has 0 amide bonds. The molecular formula is C15H19N3O2S. The van der Waals surface area contributed by atoms with Crippen LogP contribution in [0.2, 0.25) is 0 Å². The van der Waals surface area contributed by atoms with Gasteiger partial charge in [0.2, 0.25) is 10.0 Å². The van der Waals surface area contributed by atoms with E-state index in [4.69, 9.17) is 0 Å². The molecule has 2 aliphatic rings. The van der Waals surface area contributed by atoms with Crippen LogP contribution in [0.3, 0.4) is 0 Å². The molecular weight excluding hydrogens is 286 g/mol. The van der Waals surface area contributed by atoms with Crippen molar-refractivity contribution in [1.82, 2.24) is 10.0 Å². The summed E-state index contributed by atoms with van der Waals surface area (Å²) in [5, 5.41) is 12.7. The summed E-state index contributed by atoms with van der Waals surface area (Å²) >= 11 is 0. The molecule has 2 aliphatic heterocycles. The number of nitrogens with one attached hydrogen (secondary N) is 2. The summed E-state index contributed by atoms with van der Waals surface area (Å²) in [5.41, 5.74) is 0.924.